The molecule has 0 bridgehead atoms. The Morgan fingerprint density at radius 1 is 1.30 bits per heavy atom. The molecule has 0 radical (unpaired) electrons. The van der Waals surface area contributed by atoms with Gasteiger partial charge in [-0.15, -0.1) is 0 Å². The minimum absolute atomic E-state index is 0.403. The number of ether oxygens (including phenoxy) is 2. The fourth-order valence-corrected chi connectivity index (χ4v) is 1.85. The number of carbonyl (C=O) groups is 1. The molecular formula is C15H17NO4. The minimum atomic E-state index is -0.403. The van der Waals surface area contributed by atoms with E-state index in [1.54, 1.807) is 13.2 Å². The molecule has 2 rings (SSSR count). The van der Waals surface area contributed by atoms with Gasteiger partial charge in [0, 0.05) is 18.4 Å². The van der Waals surface area contributed by atoms with E-state index in [2.05, 4.69) is 10.1 Å². The van der Waals surface area contributed by atoms with E-state index < -0.39 is 5.97 Å². The number of hydrogen-bond acceptors (Lipinski definition) is 5. The first kappa shape index (κ1) is 14.1. The summed E-state index contributed by atoms with van der Waals surface area (Å²) < 4.78 is 15.1. The van der Waals surface area contributed by atoms with Crippen molar-refractivity contribution in [1.82, 2.24) is 0 Å². The molecule has 1 aromatic carbocycles. The van der Waals surface area contributed by atoms with Crippen LogP contribution in [0.5, 0.6) is 0 Å². The van der Waals surface area contributed by atoms with Crippen LogP contribution in [0.25, 0.3) is 0 Å². The van der Waals surface area contributed by atoms with Gasteiger partial charge in [0.05, 0.1) is 25.8 Å². The molecule has 0 saturated heterocycles. The summed E-state index contributed by atoms with van der Waals surface area (Å²) >= 11 is 0. The van der Waals surface area contributed by atoms with E-state index in [4.69, 9.17) is 9.15 Å². The zero-order valence-corrected chi connectivity index (χ0v) is 11.5. The summed E-state index contributed by atoms with van der Waals surface area (Å²) in [6.45, 7) is 1.02. The highest BCUT2D eigenvalue weighted by molar-refractivity contribution is 5.89. The number of methoxy groups -OCH3 is 2. The quantitative estimate of drug-likeness (QED) is 0.821. The van der Waals surface area contributed by atoms with Gasteiger partial charge < -0.3 is 19.2 Å². The molecule has 0 fully saturated rings. The van der Waals surface area contributed by atoms with Crippen molar-refractivity contribution < 1.29 is 18.7 Å². The molecule has 1 heterocycles. The summed E-state index contributed by atoms with van der Waals surface area (Å²) in [5.41, 5.74) is 2.45. The van der Waals surface area contributed by atoms with Crippen LogP contribution in [0.4, 0.5) is 5.69 Å². The first-order valence-electron chi connectivity index (χ1n) is 6.21. The second-order valence-electron chi connectivity index (χ2n) is 4.24. The van der Waals surface area contributed by atoms with Crippen LogP contribution in [0.15, 0.2) is 41.0 Å². The third kappa shape index (κ3) is 3.39. The summed E-state index contributed by atoms with van der Waals surface area (Å²) in [5.74, 6) is 0.261. The number of esters is 1. The van der Waals surface area contributed by atoms with Crippen molar-refractivity contribution >= 4 is 11.7 Å². The van der Waals surface area contributed by atoms with Crippen molar-refractivity contribution in [2.45, 2.75) is 13.2 Å². The lowest BCUT2D eigenvalue weighted by Crippen LogP contribution is -2.02. The Morgan fingerprint density at radius 2 is 2.10 bits per heavy atom. The van der Waals surface area contributed by atoms with Gasteiger partial charge in [-0.3, -0.25) is 0 Å². The fourth-order valence-electron chi connectivity index (χ4n) is 1.85. The molecule has 0 aliphatic heterocycles. The summed E-state index contributed by atoms with van der Waals surface area (Å²) in [6, 6.07) is 9.54. The smallest absolute Gasteiger partial charge is 0.341 e. The molecule has 0 unspecified atom stereocenters. The van der Waals surface area contributed by atoms with E-state index in [0.29, 0.717) is 24.5 Å². The van der Waals surface area contributed by atoms with E-state index >= 15 is 0 Å². The van der Waals surface area contributed by atoms with Crippen molar-refractivity contribution in [1.29, 1.82) is 0 Å². The minimum Gasteiger partial charge on any atom is -0.467 e. The maximum Gasteiger partial charge on any atom is 0.341 e. The highest BCUT2D eigenvalue weighted by Crippen LogP contribution is 2.18. The van der Waals surface area contributed by atoms with Crippen LogP contribution >= 0.6 is 0 Å². The maximum atomic E-state index is 11.3. The van der Waals surface area contributed by atoms with Crippen LogP contribution in [0, 0.1) is 0 Å². The van der Waals surface area contributed by atoms with Crippen molar-refractivity contribution in [3.05, 3.63) is 53.5 Å². The van der Waals surface area contributed by atoms with Crippen LogP contribution in [0.1, 0.15) is 21.7 Å². The molecule has 0 spiro atoms. The van der Waals surface area contributed by atoms with Crippen molar-refractivity contribution in [2.24, 2.45) is 0 Å². The molecule has 0 aliphatic rings. The third-order valence-electron chi connectivity index (χ3n) is 2.85. The highest BCUT2D eigenvalue weighted by Gasteiger charge is 2.10. The van der Waals surface area contributed by atoms with Crippen LogP contribution in [-0.2, 0) is 22.6 Å². The average Bonchev–Trinajstić information content (AvgIpc) is 2.95. The third-order valence-corrected chi connectivity index (χ3v) is 2.85. The summed E-state index contributed by atoms with van der Waals surface area (Å²) in [4.78, 5) is 11.3. The number of anilines is 1. The number of nitrogens with one attached hydrogen (secondary N) is 1. The van der Waals surface area contributed by atoms with E-state index in [0.717, 1.165) is 11.3 Å². The molecule has 0 saturated carbocycles. The van der Waals surface area contributed by atoms with Crippen LogP contribution in [-0.4, -0.2) is 20.2 Å². The summed E-state index contributed by atoms with van der Waals surface area (Å²) in [6.07, 6.45) is 1.39. The van der Waals surface area contributed by atoms with Gasteiger partial charge in [-0.1, -0.05) is 18.2 Å². The number of benzene rings is 1. The number of rotatable bonds is 6. The normalized spacial score (nSPS) is 10.3. The van der Waals surface area contributed by atoms with Crippen LogP contribution in [0.3, 0.4) is 0 Å². The van der Waals surface area contributed by atoms with Crippen LogP contribution < -0.4 is 5.32 Å². The topological polar surface area (TPSA) is 60.7 Å². The Kier molecular flexibility index (Phi) is 4.79. The Labute approximate surface area is 117 Å². The van der Waals surface area contributed by atoms with Crippen molar-refractivity contribution in [3.8, 4) is 0 Å². The van der Waals surface area contributed by atoms with E-state index in [-0.39, 0.29) is 0 Å². The lowest BCUT2D eigenvalue weighted by molar-refractivity contribution is 0.0600. The van der Waals surface area contributed by atoms with Crippen molar-refractivity contribution in [3.63, 3.8) is 0 Å². The van der Waals surface area contributed by atoms with Gasteiger partial charge in [-0.2, -0.15) is 0 Å². The average molecular weight is 275 g/mol. The molecule has 5 nitrogen and oxygen atoms in total. The standard InChI is InChI=1S/C15H17NO4/c1-18-9-11-5-3-4-6-14(11)16-8-13-7-12(10-20-13)15(17)19-2/h3-7,10,16H,8-9H2,1-2H3. The van der Waals surface area contributed by atoms with Gasteiger partial charge >= 0.3 is 5.97 Å². The Balaban J connectivity index is 2.02. The van der Waals surface area contributed by atoms with Gasteiger partial charge in [0.15, 0.2) is 0 Å². The molecule has 5 heteroatoms. The molecule has 0 atom stereocenters. The van der Waals surface area contributed by atoms with Crippen molar-refractivity contribution in [2.75, 3.05) is 19.5 Å². The first-order chi connectivity index (χ1) is 9.74. The predicted octanol–water partition coefficient (Wildman–Crippen LogP) is 2.82. The number of hydrogen-bond donors (Lipinski definition) is 1. The molecule has 0 amide bonds. The van der Waals surface area contributed by atoms with E-state index in [9.17, 15) is 4.79 Å². The van der Waals surface area contributed by atoms with Gasteiger partial charge in [-0.05, 0) is 12.1 Å². The number of carbonyl (C=O) groups excluding carboxylic acids is 1. The Morgan fingerprint density at radius 3 is 2.85 bits per heavy atom. The second kappa shape index (κ2) is 6.77. The first-order valence-corrected chi connectivity index (χ1v) is 6.21. The Hall–Kier alpha value is -2.27. The Bertz CT molecular complexity index is 577. The predicted molar refractivity (Wildman–Crippen MR) is 74.5 cm³/mol. The van der Waals surface area contributed by atoms with Gasteiger partial charge in [-0.25, -0.2) is 4.79 Å². The van der Waals surface area contributed by atoms with Crippen LogP contribution in [0.2, 0.25) is 0 Å². The fraction of sp³-hybridized carbons (Fsp3) is 0.267. The lowest BCUT2D eigenvalue weighted by Gasteiger charge is -2.10. The zero-order chi connectivity index (χ0) is 14.4. The highest BCUT2D eigenvalue weighted by atomic mass is 16.5. The van der Waals surface area contributed by atoms with E-state index in [1.807, 2.05) is 24.3 Å². The number of furan rings is 1. The second-order valence-corrected chi connectivity index (χ2v) is 4.24. The molecule has 1 N–H and O–H groups in total. The van der Waals surface area contributed by atoms with Gasteiger partial charge in [0.2, 0.25) is 0 Å². The zero-order valence-electron chi connectivity index (χ0n) is 11.5. The molecule has 20 heavy (non-hydrogen) atoms. The molecule has 2 aromatic rings. The monoisotopic (exact) mass is 275 g/mol. The van der Waals surface area contributed by atoms with Gasteiger partial charge in [0.25, 0.3) is 0 Å². The maximum absolute atomic E-state index is 11.3. The number of para-hydroxylation sites is 1. The molecule has 106 valence electrons. The molecular weight excluding hydrogens is 258 g/mol. The summed E-state index contributed by atoms with van der Waals surface area (Å²) in [5, 5.41) is 3.26. The molecule has 1 aromatic heterocycles. The largest absolute Gasteiger partial charge is 0.467 e. The SMILES string of the molecule is COCc1ccccc1NCc1cc(C(=O)OC)co1. The van der Waals surface area contributed by atoms with Gasteiger partial charge in [0.1, 0.15) is 12.0 Å². The lowest BCUT2D eigenvalue weighted by atomic mass is 10.2. The summed E-state index contributed by atoms with van der Waals surface area (Å²) in [7, 11) is 3.00. The molecule has 0 aliphatic carbocycles. The van der Waals surface area contributed by atoms with E-state index in [1.165, 1.54) is 13.4 Å².